The van der Waals surface area contributed by atoms with Crippen molar-refractivity contribution >= 4 is 23.6 Å². The summed E-state index contributed by atoms with van der Waals surface area (Å²) >= 11 is 0. The zero-order valence-corrected chi connectivity index (χ0v) is 12.0. The predicted molar refractivity (Wildman–Crippen MR) is 67.4 cm³/mol. The smallest absolute Gasteiger partial charge is 0.222 e. The van der Waals surface area contributed by atoms with Crippen molar-refractivity contribution in [1.29, 1.82) is 0 Å². The van der Waals surface area contributed by atoms with E-state index in [1.807, 2.05) is 0 Å². The lowest BCUT2D eigenvalue weighted by Gasteiger charge is -2.28. The Morgan fingerprint density at radius 1 is 0.600 bits per heavy atom. The fraction of sp³-hybridized carbons (Fsp3) is 0.667. The van der Waals surface area contributed by atoms with Gasteiger partial charge in [-0.25, -0.2) is 0 Å². The molecule has 2 aliphatic rings. The van der Waals surface area contributed by atoms with Crippen molar-refractivity contribution in [2.75, 3.05) is 13.3 Å². The van der Waals surface area contributed by atoms with Crippen molar-refractivity contribution < 1.29 is 19.2 Å². The molecule has 0 atom stereocenters. The van der Waals surface area contributed by atoms with Gasteiger partial charge in [0.25, 0.3) is 0 Å². The molecule has 2 rings (SSSR count). The SMILES string of the molecule is CC(=O)N1CN(C(C)=O)C2C1N(C(C)=O)CN2C(C)=O. The minimum absolute atomic E-state index is 0.0908. The molecular weight excluding hydrogens is 264 g/mol. The zero-order valence-electron chi connectivity index (χ0n) is 12.0. The number of carbonyl (C=O) groups is 4. The highest BCUT2D eigenvalue weighted by molar-refractivity contribution is 5.83. The van der Waals surface area contributed by atoms with E-state index in [0.717, 1.165) is 0 Å². The van der Waals surface area contributed by atoms with Crippen LogP contribution in [0, 0.1) is 0 Å². The number of hydrogen-bond acceptors (Lipinski definition) is 4. The molecule has 0 saturated carbocycles. The summed E-state index contributed by atoms with van der Waals surface area (Å²) in [6, 6.07) is 0. The van der Waals surface area contributed by atoms with E-state index in [9.17, 15) is 19.2 Å². The van der Waals surface area contributed by atoms with Crippen molar-refractivity contribution in [2.45, 2.75) is 40.0 Å². The Labute approximate surface area is 116 Å². The van der Waals surface area contributed by atoms with Crippen molar-refractivity contribution in [3.8, 4) is 0 Å². The predicted octanol–water partition coefficient (Wildman–Crippen LogP) is -1.03. The molecular formula is C12H18N4O4. The third-order valence-corrected chi connectivity index (χ3v) is 3.77. The van der Waals surface area contributed by atoms with Gasteiger partial charge in [-0.1, -0.05) is 0 Å². The van der Waals surface area contributed by atoms with Gasteiger partial charge in [-0.15, -0.1) is 0 Å². The molecule has 0 aromatic carbocycles. The average Bonchev–Trinajstić information content (AvgIpc) is 2.83. The van der Waals surface area contributed by atoms with Crippen LogP contribution < -0.4 is 0 Å². The van der Waals surface area contributed by atoms with E-state index in [2.05, 4.69) is 0 Å². The molecule has 0 N–H and O–H groups in total. The number of fused-ring (bicyclic) bond motifs is 1. The largest absolute Gasteiger partial charge is 0.300 e. The van der Waals surface area contributed by atoms with E-state index in [0.29, 0.717) is 0 Å². The molecule has 0 bridgehead atoms. The summed E-state index contributed by atoms with van der Waals surface area (Å²) in [6.07, 6.45) is -1.20. The lowest BCUT2D eigenvalue weighted by molar-refractivity contribution is -0.141. The Morgan fingerprint density at radius 3 is 0.950 bits per heavy atom. The minimum Gasteiger partial charge on any atom is -0.300 e. The van der Waals surface area contributed by atoms with Crippen LogP contribution in [-0.4, -0.2) is 68.9 Å². The summed E-state index contributed by atoms with van der Waals surface area (Å²) in [5.74, 6) is -0.943. The lowest BCUT2D eigenvalue weighted by atomic mass is 10.3. The molecule has 0 aromatic heterocycles. The maximum atomic E-state index is 11.7. The van der Waals surface area contributed by atoms with Crippen molar-refractivity contribution in [1.82, 2.24) is 19.6 Å². The van der Waals surface area contributed by atoms with Crippen LogP contribution in [0.2, 0.25) is 0 Å². The molecule has 110 valence electrons. The third kappa shape index (κ3) is 2.00. The van der Waals surface area contributed by atoms with Gasteiger partial charge < -0.3 is 19.6 Å². The first-order valence-electron chi connectivity index (χ1n) is 6.34. The molecule has 0 unspecified atom stereocenters. The molecule has 0 spiro atoms. The number of nitrogens with zero attached hydrogens (tertiary/aromatic N) is 4. The first-order chi connectivity index (χ1) is 9.25. The Morgan fingerprint density at radius 2 is 0.800 bits per heavy atom. The van der Waals surface area contributed by atoms with Gasteiger partial charge in [-0.3, -0.25) is 19.2 Å². The van der Waals surface area contributed by atoms with Crippen LogP contribution in [0.3, 0.4) is 0 Å². The molecule has 8 heteroatoms. The Bertz CT molecular complexity index is 408. The van der Waals surface area contributed by atoms with E-state index in [4.69, 9.17) is 0 Å². The van der Waals surface area contributed by atoms with E-state index in [1.165, 1.54) is 47.3 Å². The summed E-state index contributed by atoms with van der Waals surface area (Å²) in [5.41, 5.74) is 0. The van der Waals surface area contributed by atoms with Crippen LogP contribution in [0.15, 0.2) is 0 Å². The molecule has 20 heavy (non-hydrogen) atoms. The molecule has 2 fully saturated rings. The fourth-order valence-corrected chi connectivity index (χ4v) is 2.79. The lowest BCUT2D eigenvalue weighted by Crippen LogP contribution is -2.49. The van der Waals surface area contributed by atoms with Crippen molar-refractivity contribution in [3.63, 3.8) is 0 Å². The number of rotatable bonds is 0. The maximum absolute atomic E-state index is 11.7. The quantitative estimate of drug-likeness (QED) is 0.569. The van der Waals surface area contributed by atoms with Crippen LogP contribution >= 0.6 is 0 Å². The van der Waals surface area contributed by atoms with Crippen LogP contribution in [-0.2, 0) is 19.2 Å². The van der Waals surface area contributed by atoms with Gasteiger partial charge >= 0.3 is 0 Å². The van der Waals surface area contributed by atoms with Crippen LogP contribution in [0.25, 0.3) is 0 Å². The number of carbonyl (C=O) groups excluding carboxylic acids is 4. The topological polar surface area (TPSA) is 81.2 Å². The second kappa shape index (κ2) is 4.77. The Kier molecular flexibility index (Phi) is 3.41. The van der Waals surface area contributed by atoms with E-state index in [-0.39, 0.29) is 37.0 Å². The summed E-state index contributed by atoms with van der Waals surface area (Å²) in [5, 5.41) is 0. The zero-order chi connectivity index (χ0) is 15.2. The fourth-order valence-electron chi connectivity index (χ4n) is 2.79. The second-order valence-electron chi connectivity index (χ2n) is 5.07. The van der Waals surface area contributed by atoms with Gasteiger partial charge in [-0.05, 0) is 0 Å². The number of hydrogen-bond donors (Lipinski definition) is 0. The first kappa shape index (κ1) is 14.3. The number of amides is 4. The molecule has 2 saturated heterocycles. The monoisotopic (exact) mass is 282 g/mol. The average molecular weight is 282 g/mol. The molecule has 2 heterocycles. The van der Waals surface area contributed by atoms with Gasteiger partial charge in [0.2, 0.25) is 23.6 Å². The molecule has 0 aromatic rings. The third-order valence-electron chi connectivity index (χ3n) is 3.77. The van der Waals surface area contributed by atoms with Crippen LogP contribution in [0.1, 0.15) is 27.7 Å². The van der Waals surface area contributed by atoms with Crippen molar-refractivity contribution in [2.24, 2.45) is 0 Å². The van der Waals surface area contributed by atoms with Gasteiger partial charge in [0.1, 0.15) is 12.3 Å². The summed E-state index contributed by atoms with van der Waals surface area (Å²) in [6.45, 7) is 5.72. The summed E-state index contributed by atoms with van der Waals surface area (Å²) in [7, 11) is 0. The normalized spacial score (nSPS) is 25.0. The second-order valence-corrected chi connectivity index (χ2v) is 5.07. The van der Waals surface area contributed by atoms with Gasteiger partial charge in [0.05, 0.1) is 13.3 Å². The Balaban J connectivity index is 2.45. The van der Waals surface area contributed by atoms with Crippen molar-refractivity contribution in [3.05, 3.63) is 0 Å². The van der Waals surface area contributed by atoms with Gasteiger partial charge in [-0.2, -0.15) is 0 Å². The molecule has 2 aliphatic heterocycles. The summed E-state index contributed by atoms with van der Waals surface area (Å²) < 4.78 is 0. The molecule has 8 nitrogen and oxygen atoms in total. The highest BCUT2D eigenvalue weighted by atomic mass is 16.2. The molecule has 0 aliphatic carbocycles. The van der Waals surface area contributed by atoms with E-state index in [1.54, 1.807) is 0 Å². The maximum Gasteiger partial charge on any atom is 0.222 e. The van der Waals surface area contributed by atoms with E-state index < -0.39 is 12.3 Å². The first-order valence-corrected chi connectivity index (χ1v) is 6.34. The standard InChI is InChI=1S/C12H18N4O4/c1-7(17)13-5-14(8(2)18)12-11(13)15(9(3)19)6-16(12)10(4)20/h11-12H,5-6H2,1-4H3. The van der Waals surface area contributed by atoms with E-state index >= 15 is 0 Å². The molecule has 0 radical (unpaired) electrons. The highest BCUT2D eigenvalue weighted by Crippen LogP contribution is 2.32. The van der Waals surface area contributed by atoms with Gasteiger partial charge in [0, 0.05) is 27.7 Å². The summed E-state index contributed by atoms with van der Waals surface area (Å²) in [4.78, 5) is 52.8. The Hall–Kier alpha value is -2.12. The van der Waals surface area contributed by atoms with Gasteiger partial charge in [0.15, 0.2) is 0 Å². The van der Waals surface area contributed by atoms with Crippen LogP contribution in [0.5, 0.6) is 0 Å². The van der Waals surface area contributed by atoms with Crippen LogP contribution in [0.4, 0.5) is 0 Å². The highest BCUT2D eigenvalue weighted by Gasteiger charge is 2.55. The minimum atomic E-state index is -0.599. The molecule has 4 amide bonds.